The molecule has 0 aliphatic carbocycles. The fourth-order valence-electron chi connectivity index (χ4n) is 2.89. The van der Waals surface area contributed by atoms with Gasteiger partial charge < -0.3 is 10.1 Å². The van der Waals surface area contributed by atoms with Crippen molar-refractivity contribution >= 4 is 0 Å². The van der Waals surface area contributed by atoms with Crippen molar-refractivity contribution in [1.29, 1.82) is 0 Å². The molecule has 1 fully saturated rings. The highest BCUT2D eigenvalue weighted by Gasteiger charge is 2.34. The second-order valence-electron chi connectivity index (χ2n) is 6.18. The minimum absolute atomic E-state index is 0.291. The molecule has 0 aromatic heterocycles. The van der Waals surface area contributed by atoms with Crippen LogP contribution >= 0.6 is 0 Å². The Morgan fingerprint density at radius 2 is 2.05 bits per heavy atom. The molecular weight excluding hydrogens is 248 g/mol. The fraction of sp³-hybridized carbons (Fsp3) is 0.647. The molecule has 20 heavy (non-hydrogen) atoms. The van der Waals surface area contributed by atoms with E-state index in [1.54, 1.807) is 7.11 Å². The Labute approximate surface area is 123 Å². The Bertz CT molecular complexity index is 418. The van der Waals surface area contributed by atoms with Gasteiger partial charge in [-0.2, -0.15) is 0 Å². The molecule has 0 saturated carbocycles. The highest BCUT2D eigenvalue weighted by molar-refractivity contribution is 5.27. The maximum Gasteiger partial charge on any atom is 0.118 e. The first kappa shape index (κ1) is 15.3. The fourth-order valence-corrected chi connectivity index (χ4v) is 2.89. The van der Waals surface area contributed by atoms with Gasteiger partial charge >= 0.3 is 0 Å². The van der Waals surface area contributed by atoms with Crippen LogP contribution < -0.4 is 10.1 Å². The van der Waals surface area contributed by atoms with Crippen LogP contribution in [0.15, 0.2) is 24.3 Å². The van der Waals surface area contributed by atoms with Crippen molar-refractivity contribution in [3.63, 3.8) is 0 Å². The number of piperazine rings is 1. The van der Waals surface area contributed by atoms with Crippen LogP contribution in [0.3, 0.4) is 0 Å². The quantitative estimate of drug-likeness (QED) is 0.895. The zero-order valence-electron chi connectivity index (χ0n) is 13.3. The Morgan fingerprint density at radius 3 is 2.65 bits per heavy atom. The molecule has 3 nitrogen and oxygen atoms in total. The summed E-state index contributed by atoms with van der Waals surface area (Å²) in [5, 5.41) is 3.61. The molecule has 0 bridgehead atoms. The molecule has 1 aromatic rings. The molecule has 1 aliphatic rings. The molecule has 2 atom stereocenters. The Morgan fingerprint density at radius 1 is 1.35 bits per heavy atom. The predicted molar refractivity (Wildman–Crippen MR) is 84.4 cm³/mol. The third-order valence-corrected chi connectivity index (χ3v) is 4.68. The maximum atomic E-state index is 5.21. The minimum atomic E-state index is 0.291. The van der Waals surface area contributed by atoms with Crippen LogP contribution in [-0.4, -0.2) is 43.2 Å². The second kappa shape index (κ2) is 6.59. The third-order valence-electron chi connectivity index (χ3n) is 4.68. The lowest BCUT2D eigenvalue weighted by Gasteiger charge is -2.47. The highest BCUT2D eigenvalue weighted by Crippen LogP contribution is 2.23. The van der Waals surface area contributed by atoms with Crippen molar-refractivity contribution in [3.05, 3.63) is 29.8 Å². The minimum Gasteiger partial charge on any atom is -0.497 e. The summed E-state index contributed by atoms with van der Waals surface area (Å²) in [5.41, 5.74) is 1.68. The van der Waals surface area contributed by atoms with Crippen molar-refractivity contribution in [2.45, 2.75) is 45.2 Å². The van der Waals surface area contributed by atoms with E-state index in [-0.39, 0.29) is 0 Å². The summed E-state index contributed by atoms with van der Waals surface area (Å²) in [7, 11) is 1.71. The molecular formula is C17H28N2O. The van der Waals surface area contributed by atoms with Crippen LogP contribution in [0.2, 0.25) is 0 Å². The van der Waals surface area contributed by atoms with E-state index < -0.39 is 0 Å². The first-order valence-corrected chi connectivity index (χ1v) is 7.69. The zero-order valence-corrected chi connectivity index (χ0v) is 13.3. The second-order valence-corrected chi connectivity index (χ2v) is 6.18. The van der Waals surface area contributed by atoms with Gasteiger partial charge in [-0.25, -0.2) is 0 Å². The Hall–Kier alpha value is -1.06. The van der Waals surface area contributed by atoms with Crippen LogP contribution in [-0.2, 0) is 6.42 Å². The van der Waals surface area contributed by atoms with Gasteiger partial charge in [0.2, 0.25) is 0 Å². The summed E-state index contributed by atoms with van der Waals surface area (Å²) in [5.74, 6) is 0.933. The molecule has 1 aliphatic heterocycles. The number of hydrogen-bond acceptors (Lipinski definition) is 3. The monoisotopic (exact) mass is 276 g/mol. The van der Waals surface area contributed by atoms with Gasteiger partial charge in [0.1, 0.15) is 5.75 Å². The summed E-state index contributed by atoms with van der Waals surface area (Å²) in [6, 6.07) is 9.04. The molecule has 2 unspecified atom stereocenters. The van der Waals surface area contributed by atoms with Gasteiger partial charge in [0, 0.05) is 31.2 Å². The van der Waals surface area contributed by atoms with Crippen molar-refractivity contribution < 1.29 is 4.74 Å². The number of nitrogens with one attached hydrogen (secondary N) is 1. The number of benzene rings is 1. The Kier molecular flexibility index (Phi) is 5.06. The summed E-state index contributed by atoms with van der Waals surface area (Å²) < 4.78 is 5.21. The lowest BCUT2D eigenvalue weighted by molar-refractivity contribution is 0.0538. The van der Waals surface area contributed by atoms with E-state index in [2.05, 4.69) is 55.3 Å². The number of hydrogen-bond donors (Lipinski definition) is 1. The third kappa shape index (κ3) is 3.53. The van der Waals surface area contributed by atoms with Crippen molar-refractivity contribution in [1.82, 2.24) is 10.2 Å². The number of methoxy groups -OCH3 is 1. The van der Waals surface area contributed by atoms with Gasteiger partial charge in [-0.1, -0.05) is 19.1 Å². The lowest BCUT2D eigenvalue weighted by atomic mass is 9.92. The summed E-state index contributed by atoms with van der Waals surface area (Å²) in [4.78, 5) is 2.65. The maximum absolute atomic E-state index is 5.21. The van der Waals surface area contributed by atoms with Crippen LogP contribution in [0.4, 0.5) is 0 Å². The van der Waals surface area contributed by atoms with E-state index in [0.717, 1.165) is 31.8 Å². The molecule has 0 amide bonds. The van der Waals surface area contributed by atoms with E-state index >= 15 is 0 Å². The van der Waals surface area contributed by atoms with Gasteiger partial charge in [-0.3, -0.25) is 4.90 Å². The summed E-state index contributed by atoms with van der Waals surface area (Å²) >= 11 is 0. The molecule has 3 heteroatoms. The molecule has 112 valence electrons. The first-order chi connectivity index (χ1) is 9.57. The van der Waals surface area contributed by atoms with E-state index in [0.29, 0.717) is 11.6 Å². The summed E-state index contributed by atoms with van der Waals surface area (Å²) in [6.07, 6.45) is 2.29. The number of nitrogens with zero attached hydrogens (tertiary/aromatic N) is 1. The average Bonchev–Trinajstić information content (AvgIpc) is 2.49. The van der Waals surface area contributed by atoms with Crippen LogP contribution in [0, 0.1) is 0 Å². The van der Waals surface area contributed by atoms with E-state index in [9.17, 15) is 0 Å². The molecule has 1 saturated heterocycles. The van der Waals surface area contributed by atoms with Gasteiger partial charge in [0.05, 0.1) is 7.11 Å². The van der Waals surface area contributed by atoms with E-state index in [4.69, 9.17) is 4.74 Å². The number of rotatable bonds is 5. The molecule has 0 spiro atoms. The first-order valence-electron chi connectivity index (χ1n) is 7.69. The van der Waals surface area contributed by atoms with Crippen LogP contribution in [0.1, 0.15) is 32.8 Å². The highest BCUT2D eigenvalue weighted by atomic mass is 16.5. The average molecular weight is 276 g/mol. The van der Waals surface area contributed by atoms with Gasteiger partial charge in [-0.15, -0.1) is 0 Å². The normalized spacial score (nSPS) is 27.5. The van der Waals surface area contributed by atoms with Crippen molar-refractivity contribution in [2.75, 3.05) is 26.7 Å². The van der Waals surface area contributed by atoms with Gasteiger partial charge in [0.15, 0.2) is 0 Å². The van der Waals surface area contributed by atoms with Gasteiger partial charge in [0.25, 0.3) is 0 Å². The Balaban J connectivity index is 1.96. The zero-order chi connectivity index (χ0) is 14.6. The molecule has 2 rings (SSSR count). The molecule has 1 aromatic carbocycles. The van der Waals surface area contributed by atoms with Crippen LogP contribution in [0.25, 0.3) is 0 Å². The van der Waals surface area contributed by atoms with Crippen molar-refractivity contribution in [2.24, 2.45) is 0 Å². The van der Waals surface area contributed by atoms with Gasteiger partial charge in [-0.05, 0) is 44.4 Å². The predicted octanol–water partition coefficient (Wildman–Crippen LogP) is 2.70. The summed E-state index contributed by atoms with van der Waals surface area (Å²) in [6.45, 7) is 10.3. The number of ether oxygens (including phenoxy) is 1. The van der Waals surface area contributed by atoms with E-state index in [1.807, 2.05) is 0 Å². The smallest absolute Gasteiger partial charge is 0.118 e. The van der Waals surface area contributed by atoms with E-state index in [1.165, 1.54) is 12.0 Å². The molecule has 1 N–H and O–H groups in total. The largest absolute Gasteiger partial charge is 0.497 e. The SMILES string of the molecule is CCC1(C)CNC(C)CN1CCc1ccc(OC)cc1. The van der Waals surface area contributed by atoms with Crippen molar-refractivity contribution in [3.8, 4) is 5.75 Å². The standard InChI is InChI=1S/C17H28N2O/c1-5-17(3)13-18-14(2)12-19(17)11-10-15-6-8-16(20-4)9-7-15/h6-9,14,18H,5,10-13H2,1-4H3. The topological polar surface area (TPSA) is 24.5 Å². The molecule has 1 heterocycles. The lowest BCUT2D eigenvalue weighted by Crippen LogP contribution is -2.62. The van der Waals surface area contributed by atoms with Crippen LogP contribution in [0.5, 0.6) is 5.75 Å². The molecule has 0 radical (unpaired) electrons.